The van der Waals surface area contributed by atoms with Gasteiger partial charge in [-0.2, -0.15) is 0 Å². The minimum Gasteiger partial charge on any atom is -0.370 e. The minimum absolute atomic E-state index is 0.134. The number of rotatable bonds is 7. The highest BCUT2D eigenvalue weighted by Crippen LogP contribution is 2.24. The molecule has 2 heterocycles. The van der Waals surface area contributed by atoms with Crippen LogP contribution < -0.4 is 10.2 Å². The van der Waals surface area contributed by atoms with Gasteiger partial charge in [0.05, 0.1) is 11.0 Å². The standard InChI is InChI=1S/C28H25N5O/c1-32(19-21-7-3-2-4-8-21)24-10-5-11-25(16-24)33-20-31-26-15-23(12-13-27(26)33)28(34)30-18-22-9-6-14-29-17-22/h2-17,20H,18-19H2,1H3,(H,30,34). The number of aromatic nitrogens is 3. The van der Waals surface area contributed by atoms with E-state index in [1.807, 2.05) is 41.0 Å². The topological polar surface area (TPSA) is 63.1 Å². The highest BCUT2D eigenvalue weighted by molar-refractivity contribution is 5.97. The number of hydrogen-bond acceptors (Lipinski definition) is 4. The van der Waals surface area contributed by atoms with Gasteiger partial charge in [-0.25, -0.2) is 4.98 Å². The molecule has 168 valence electrons. The predicted molar refractivity (Wildman–Crippen MR) is 135 cm³/mol. The fourth-order valence-corrected chi connectivity index (χ4v) is 3.98. The summed E-state index contributed by atoms with van der Waals surface area (Å²) in [5.74, 6) is -0.134. The zero-order valence-electron chi connectivity index (χ0n) is 18.9. The van der Waals surface area contributed by atoms with Crippen LogP contribution in [-0.2, 0) is 13.1 Å². The zero-order chi connectivity index (χ0) is 23.3. The van der Waals surface area contributed by atoms with Crippen molar-refractivity contribution in [1.29, 1.82) is 0 Å². The molecule has 0 radical (unpaired) electrons. The van der Waals surface area contributed by atoms with Gasteiger partial charge in [0.25, 0.3) is 5.91 Å². The Morgan fingerprint density at radius 3 is 2.62 bits per heavy atom. The molecule has 0 aliphatic rings. The normalized spacial score (nSPS) is 10.9. The first kappa shape index (κ1) is 21.4. The summed E-state index contributed by atoms with van der Waals surface area (Å²) in [6.45, 7) is 1.26. The van der Waals surface area contributed by atoms with E-state index in [0.29, 0.717) is 12.1 Å². The molecule has 6 heteroatoms. The molecule has 34 heavy (non-hydrogen) atoms. The average Bonchev–Trinajstić information content (AvgIpc) is 3.32. The number of pyridine rings is 1. The van der Waals surface area contributed by atoms with Gasteiger partial charge in [0.1, 0.15) is 6.33 Å². The summed E-state index contributed by atoms with van der Waals surface area (Å²) in [5.41, 5.74) is 6.67. The lowest BCUT2D eigenvalue weighted by Gasteiger charge is -2.20. The number of amides is 1. The molecule has 0 atom stereocenters. The van der Waals surface area contributed by atoms with Gasteiger partial charge < -0.3 is 10.2 Å². The van der Waals surface area contributed by atoms with Gasteiger partial charge in [0, 0.05) is 49.5 Å². The van der Waals surface area contributed by atoms with Crippen LogP contribution >= 0.6 is 0 Å². The highest BCUT2D eigenvalue weighted by atomic mass is 16.1. The number of fused-ring (bicyclic) bond motifs is 1. The molecule has 0 spiro atoms. The molecule has 5 aromatic rings. The molecule has 1 amide bonds. The summed E-state index contributed by atoms with van der Waals surface area (Å²) in [4.78, 5) is 23.5. The summed E-state index contributed by atoms with van der Waals surface area (Å²) < 4.78 is 2.05. The maximum atomic E-state index is 12.6. The quantitative estimate of drug-likeness (QED) is 0.382. The number of anilines is 1. The van der Waals surface area contributed by atoms with E-state index in [1.165, 1.54) is 5.56 Å². The highest BCUT2D eigenvalue weighted by Gasteiger charge is 2.11. The van der Waals surface area contributed by atoms with Crippen LogP contribution in [0.2, 0.25) is 0 Å². The van der Waals surface area contributed by atoms with Crippen molar-refractivity contribution in [1.82, 2.24) is 19.9 Å². The van der Waals surface area contributed by atoms with Gasteiger partial charge in [0.15, 0.2) is 0 Å². The third-order valence-corrected chi connectivity index (χ3v) is 5.80. The van der Waals surface area contributed by atoms with E-state index in [1.54, 1.807) is 18.7 Å². The van der Waals surface area contributed by atoms with Crippen LogP contribution in [0.3, 0.4) is 0 Å². The molecule has 0 aliphatic carbocycles. The first-order valence-corrected chi connectivity index (χ1v) is 11.2. The smallest absolute Gasteiger partial charge is 0.251 e. The van der Waals surface area contributed by atoms with Crippen LogP contribution in [0.5, 0.6) is 0 Å². The lowest BCUT2D eigenvalue weighted by atomic mass is 10.1. The van der Waals surface area contributed by atoms with Gasteiger partial charge in [-0.15, -0.1) is 0 Å². The number of carbonyl (C=O) groups excluding carboxylic acids is 1. The third kappa shape index (κ3) is 4.66. The average molecular weight is 448 g/mol. The molecule has 2 aromatic heterocycles. The fourth-order valence-electron chi connectivity index (χ4n) is 3.98. The summed E-state index contributed by atoms with van der Waals surface area (Å²) in [5, 5.41) is 2.94. The Hall–Kier alpha value is -4.45. The summed E-state index contributed by atoms with van der Waals surface area (Å²) in [6, 6.07) is 28.2. The molecule has 1 N–H and O–H groups in total. The Labute approximate surface area is 198 Å². The van der Waals surface area contributed by atoms with Gasteiger partial charge >= 0.3 is 0 Å². The molecule has 0 unspecified atom stereocenters. The second kappa shape index (κ2) is 9.58. The Morgan fingerprint density at radius 2 is 1.79 bits per heavy atom. The van der Waals surface area contributed by atoms with E-state index >= 15 is 0 Å². The van der Waals surface area contributed by atoms with Crippen LogP contribution in [0.15, 0.2) is 104 Å². The van der Waals surface area contributed by atoms with Gasteiger partial charge in [-0.1, -0.05) is 42.5 Å². The van der Waals surface area contributed by atoms with E-state index in [9.17, 15) is 4.79 Å². The number of nitrogens with one attached hydrogen (secondary N) is 1. The van der Waals surface area contributed by atoms with Crippen LogP contribution in [0.25, 0.3) is 16.7 Å². The molecule has 0 saturated heterocycles. The molecular formula is C28H25N5O. The Bertz CT molecular complexity index is 1410. The first-order valence-electron chi connectivity index (χ1n) is 11.2. The van der Waals surface area contributed by atoms with Crippen molar-refractivity contribution in [3.8, 4) is 5.69 Å². The number of imidazole rings is 1. The van der Waals surface area contributed by atoms with Gasteiger partial charge in [-0.05, 0) is 53.6 Å². The van der Waals surface area contributed by atoms with Crippen molar-refractivity contribution in [2.24, 2.45) is 0 Å². The molecule has 3 aromatic carbocycles. The van der Waals surface area contributed by atoms with Crippen molar-refractivity contribution in [3.05, 3.63) is 120 Å². The fraction of sp³-hybridized carbons (Fsp3) is 0.107. The largest absolute Gasteiger partial charge is 0.370 e. The van der Waals surface area contributed by atoms with Crippen molar-refractivity contribution in [3.63, 3.8) is 0 Å². The molecule has 5 rings (SSSR count). The van der Waals surface area contributed by atoms with Crippen LogP contribution in [0.1, 0.15) is 21.5 Å². The monoisotopic (exact) mass is 447 g/mol. The molecule has 0 bridgehead atoms. The van der Waals surface area contributed by atoms with Crippen molar-refractivity contribution >= 4 is 22.6 Å². The number of nitrogens with zero attached hydrogens (tertiary/aromatic N) is 4. The Kier molecular flexibility index (Phi) is 6.03. The molecule has 0 fully saturated rings. The molecule has 6 nitrogen and oxygen atoms in total. The van der Waals surface area contributed by atoms with Crippen molar-refractivity contribution in [2.45, 2.75) is 13.1 Å². The summed E-state index contributed by atoms with van der Waals surface area (Å²) >= 11 is 0. The maximum Gasteiger partial charge on any atom is 0.251 e. The number of benzene rings is 3. The van der Waals surface area contributed by atoms with E-state index in [-0.39, 0.29) is 5.91 Å². The van der Waals surface area contributed by atoms with E-state index in [0.717, 1.165) is 34.5 Å². The zero-order valence-corrected chi connectivity index (χ0v) is 18.9. The van der Waals surface area contributed by atoms with Crippen molar-refractivity contribution < 1.29 is 4.79 Å². The lowest BCUT2D eigenvalue weighted by Crippen LogP contribution is -2.22. The van der Waals surface area contributed by atoms with E-state index in [4.69, 9.17) is 0 Å². The minimum atomic E-state index is -0.134. The second-order valence-electron chi connectivity index (χ2n) is 8.22. The van der Waals surface area contributed by atoms with Gasteiger partial charge in [-0.3, -0.25) is 14.3 Å². The van der Waals surface area contributed by atoms with E-state index < -0.39 is 0 Å². The maximum absolute atomic E-state index is 12.6. The molecule has 0 saturated carbocycles. The third-order valence-electron chi connectivity index (χ3n) is 5.80. The van der Waals surface area contributed by atoms with E-state index in [2.05, 4.69) is 75.8 Å². The first-order chi connectivity index (χ1) is 16.7. The van der Waals surface area contributed by atoms with Crippen LogP contribution in [0.4, 0.5) is 5.69 Å². The second-order valence-corrected chi connectivity index (χ2v) is 8.22. The van der Waals surface area contributed by atoms with Gasteiger partial charge in [0.2, 0.25) is 0 Å². The number of carbonyl (C=O) groups is 1. The number of hydrogen-bond donors (Lipinski definition) is 1. The predicted octanol–water partition coefficient (Wildman–Crippen LogP) is 4.99. The SMILES string of the molecule is CN(Cc1ccccc1)c1cccc(-n2cnc3cc(C(=O)NCc4cccnc4)ccc32)c1. The lowest BCUT2D eigenvalue weighted by molar-refractivity contribution is 0.0951. The Morgan fingerprint density at radius 1 is 0.941 bits per heavy atom. The van der Waals surface area contributed by atoms with Crippen LogP contribution in [0, 0.1) is 0 Å². The molecule has 0 aliphatic heterocycles. The van der Waals surface area contributed by atoms with Crippen LogP contribution in [-0.4, -0.2) is 27.5 Å². The Balaban J connectivity index is 1.34. The summed E-state index contributed by atoms with van der Waals surface area (Å²) in [7, 11) is 2.09. The summed E-state index contributed by atoms with van der Waals surface area (Å²) in [6.07, 6.45) is 5.27. The van der Waals surface area contributed by atoms with Crippen molar-refractivity contribution in [2.75, 3.05) is 11.9 Å². The molecular weight excluding hydrogens is 422 g/mol.